The summed E-state index contributed by atoms with van der Waals surface area (Å²) in [4.78, 5) is 6.11. The molecular formula is C14H12ClN3. The molecule has 0 amide bonds. The molecule has 2 rings (SSSR count). The minimum Gasteiger partial charge on any atom is -0.328 e. The molecule has 18 heavy (non-hydrogen) atoms. The van der Waals surface area contributed by atoms with Crippen molar-refractivity contribution in [1.82, 2.24) is 4.98 Å². The van der Waals surface area contributed by atoms with Gasteiger partial charge in [0.2, 0.25) is 0 Å². The molecule has 0 radical (unpaired) electrons. The molecule has 2 aromatic rings. The van der Waals surface area contributed by atoms with Crippen molar-refractivity contribution in [3.05, 3.63) is 52.7 Å². The number of nitrogens with zero attached hydrogens (tertiary/aromatic N) is 3. The second-order valence-corrected chi connectivity index (χ2v) is 4.38. The van der Waals surface area contributed by atoms with Crippen LogP contribution in [0.25, 0.3) is 0 Å². The molecule has 0 unspecified atom stereocenters. The van der Waals surface area contributed by atoms with E-state index in [1.54, 1.807) is 12.3 Å². The van der Waals surface area contributed by atoms with E-state index in [1.807, 2.05) is 43.1 Å². The predicted octanol–water partition coefficient (Wildman–Crippen LogP) is 3.68. The molecule has 0 bridgehead atoms. The van der Waals surface area contributed by atoms with Gasteiger partial charge in [-0.25, -0.2) is 4.98 Å². The highest BCUT2D eigenvalue weighted by Gasteiger charge is 2.12. The van der Waals surface area contributed by atoms with Crippen LogP contribution in [0.1, 0.15) is 11.1 Å². The van der Waals surface area contributed by atoms with Gasteiger partial charge in [0.05, 0.1) is 5.56 Å². The van der Waals surface area contributed by atoms with Crippen LogP contribution in [0.5, 0.6) is 0 Å². The fourth-order valence-electron chi connectivity index (χ4n) is 1.71. The molecule has 0 saturated heterocycles. The molecule has 0 aliphatic rings. The number of hydrogen-bond acceptors (Lipinski definition) is 3. The molecule has 0 aliphatic carbocycles. The summed E-state index contributed by atoms with van der Waals surface area (Å²) in [6.07, 6.45) is 1.59. The predicted molar refractivity (Wildman–Crippen MR) is 73.2 cm³/mol. The third kappa shape index (κ3) is 2.29. The highest BCUT2D eigenvalue weighted by Crippen LogP contribution is 2.30. The van der Waals surface area contributed by atoms with E-state index < -0.39 is 0 Å². The molecule has 90 valence electrons. The fourth-order valence-corrected chi connectivity index (χ4v) is 1.99. The summed E-state index contributed by atoms with van der Waals surface area (Å²) in [5.74, 6) is 0.585. The van der Waals surface area contributed by atoms with E-state index in [4.69, 9.17) is 16.9 Å². The maximum absolute atomic E-state index is 8.96. The van der Waals surface area contributed by atoms with Gasteiger partial charge in [-0.2, -0.15) is 5.26 Å². The molecule has 1 aromatic heterocycles. The molecule has 0 atom stereocenters. The number of pyridine rings is 1. The molecule has 1 aromatic carbocycles. The highest BCUT2D eigenvalue weighted by atomic mass is 35.5. The van der Waals surface area contributed by atoms with Gasteiger partial charge < -0.3 is 4.90 Å². The molecule has 0 saturated carbocycles. The van der Waals surface area contributed by atoms with Crippen LogP contribution in [0.2, 0.25) is 5.02 Å². The Kier molecular flexibility index (Phi) is 3.50. The normalized spacial score (nSPS) is 9.89. The average molecular weight is 258 g/mol. The van der Waals surface area contributed by atoms with E-state index in [1.165, 1.54) is 0 Å². The lowest BCUT2D eigenvalue weighted by Crippen LogP contribution is -2.12. The first-order valence-electron chi connectivity index (χ1n) is 5.48. The molecule has 0 spiro atoms. The SMILES string of the molecule is Cc1cccc(N(C)c2nccc(C#N)c2Cl)c1. The summed E-state index contributed by atoms with van der Waals surface area (Å²) in [6.45, 7) is 2.03. The number of aromatic nitrogens is 1. The van der Waals surface area contributed by atoms with Gasteiger partial charge in [-0.1, -0.05) is 23.7 Å². The Morgan fingerprint density at radius 3 is 2.78 bits per heavy atom. The summed E-state index contributed by atoms with van der Waals surface area (Å²) in [5, 5.41) is 9.34. The third-order valence-corrected chi connectivity index (χ3v) is 3.07. The van der Waals surface area contributed by atoms with Crippen molar-refractivity contribution >= 4 is 23.1 Å². The van der Waals surface area contributed by atoms with Crippen molar-refractivity contribution in [3.8, 4) is 6.07 Å². The Bertz CT molecular complexity index is 617. The number of benzene rings is 1. The van der Waals surface area contributed by atoms with E-state index in [-0.39, 0.29) is 0 Å². The van der Waals surface area contributed by atoms with Gasteiger partial charge in [0.15, 0.2) is 5.82 Å². The Morgan fingerprint density at radius 2 is 2.11 bits per heavy atom. The number of aryl methyl sites for hydroxylation is 1. The second-order valence-electron chi connectivity index (χ2n) is 4.01. The highest BCUT2D eigenvalue weighted by molar-refractivity contribution is 6.34. The van der Waals surface area contributed by atoms with E-state index >= 15 is 0 Å². The van der Waals surface area contributed by atoms with Crippen molar-refractivity contribution < 1.29 is 0 Å². The summed E-state index contributed by atoms with van der Waals surface area (Å²) >= 11 is 6.17. The van der Waals surface area contributed by atoms with Crippen molar-refractivity contribution in [1.29, 1.82) is 5.26 Å². The van der Waals surface area contributed by atoms with Gasteiger partial charge in [0, 0.05) is 18.9 Å². The van der Waals surface area contributed by atoms with E-state index in [2.05, 4.69) is 11.1 Å². The third-order valence-electron chi connectivity index (χ3n) is 2.70. The lowest BCUT2D eigenvalue weighted by atomic mass is 10.2. The largest absolute Gasteiger partial charge is 0.328 e. The van der Waals surface area contributed by atoms with Gasteiger partial charge >= 0.3 is 0 Å². The second kappa shape index (κ2) is 5.07. The number of nitriles is 1. The molecule has 0 fully saturated rings. The van der Waals surface area contributed by atoms with Gasteiger partial charge in [0.1, 0.15) is 11.1 Å². The molecular weight excluding hydrogens is 246 g/mol. The van der Waals surface area contributed by atoms with Crippen LogP contribution in [-0.4, -0.2) is 12.0 Å². The lowest BCUT2D eigenvalue weighted by Gasteiger charge is -2.20. The zero-order valence-electron chi connectivity index (χ0n) is 10.2. The first-order valence-corrected chi connectivity index (χ1v) is 5.86. The zero-order valence-corrected chi connectivity index (χ0v) is 10.9. The van der Waals surface area contributed by atoms with Crippen molar-refractivity contribution in [2.24, 2.45) is 0 Å². The minimum atomic E-state index is 0.379. The van der Waals surface area contributed by atoms with Crippen LogP contribution in [-0.2, 0) is 0 Å². The summed E-state index contributed by atoms with van der Waals surface area (Å²) in [6, 6.07) is 11.7. The van der Waals surface area contributed by atoms with Gasteiger partial charge in [-0.15, -0.1) is 0 Å². The number of hydrogen-bond donors (Lipinski definition) is 0. The van der Waals surface area contributed by atoms with Crippen molar-refractivity contribution in [3.63, 3.8) is 0 Å². The van der Waals surface area contributed by atoms with E-state index in [0.717, 1.165) is 11.3 Å². The van der Waals surface area contributed by atoms with Crippen molar-refractivity contribution in [2.45, 2.75) is 6.92 Å². The number of halogens is 1. The topological polar surface area (TPSA) is 39.9 Å². The van der Waals surface area contributed by atoms with E-state index in [9.17, 15) is 0 Å². The molecule has 4 heteroatoms. The average Bonchev–Trinajstić information content (AvgIpc) is 2.38. The van der Waals surface area contributed by atoms with Gasteiger partial charge in [-0.3, -0.25) is 0 Å². The Labute approximate surface area is 111 Å². The number of anilines is 2. The molecule has 0 N–H and O–H groups in total. The quantitative estimate of drug-likeness (QED) is 0.824. The van der Waals surface area contributed by atoms with Gasteiger partial charge in [-0.05, 0) is 30.7 Å². The van der Waals surface area contributed by atoms with Gasteiger partial charge in [0.25, 0.3) is 0 Å². The summed E-state index contributed by atoms with van der Waals surface area (Å²) in [5.41, 5.74) is 2.58. The maximum atomic E-state index is 8.96. The Hall–Kier alpha value is -2.05. The minimum absolute atomic E-state index is 0.379. The maximum Gasteiger partial charge on any atom is 0.152 e. The standard InChI is InChI=1S/C14H12ClN3/c1-10-4-3-5-12(8-10)18(2)14-13(15)11(9-16)6-7-17-14/h3-8H,1-2H3. The Morgan fingerprint density at radius 1 is 1.33 bits per heavy atom. The lowest BCUT2D eigenvalue weighted by molar-refractivity contribution is 1.12. The van der Waals surface area contributed by atoms with Crippen LogP contribution in [0.3, 0.4) is 0 Å². The molecule has 0 aliphatic heterocycles. The Balaban J connectivity index is 2.47. The fraction of sp³-hybridized carbons (Fsp3) is 0.143. The number of rotatable bonds is 2. The van der Waals surface area contributed by atoms with Crippen LogP contribution in [0.15, 0.2) is 36.5 Å². The summed E-state index contributed by atoms with van der Waals surface area (Å²) < 4.78 is 0. The van der Waals surface area contributed by atoms with Crippen LogP contribution in [0, 0.1) is 18.3 Å². The first-order chi connectivity index (χ1) is 8.63. The zero-order chi connectivity index (χ0) is 13.1. The smallest absolute Gasteiger partial charge is 0.152 e. The van der Waals surface area contributed by atoms with Crippen molar-refractivity contribution in [2.75, 3.05) is 11.9 Å². The monoisotopic (exact) mass is 257 g/mol. The molecule has 1 heterocycles. The summed E-state index contributed by atoms with van der Waals surface area (Å²) in [7, 11) is 1.88. The van der Waals surface area contributed by atoms with Crippen LogP contribution >= 0.6 is 11.6 Å². The first kappa shape index (κ1) is 12.4. The van der Waals surface area contributed by atoms with Crippen LogP contribution in [0.4, 0.5) is 11.5 Å². The molecule has 3 nitrogen and oxygen atoms in total. The van der Waals surface area contributed by atoms with E-state index in [0.29, 0.717) is 16.4 Å². The van der Waals surface area contributed by atoms with Crippen LogP contribution < -0.4 is 4.90 Å².